The van der Waals surface area contributed by atoms with E-state index >= 15 is 0 Å². The number of aliphatic imine (C=N–C) groups is 1. The minimum atomic E-state index is 0. The van der Waals surface area contributed by atoms with Crippen molar-refractivity contribution in [3.8, 4) is 0 Å². The number of morpholine rings is 1. The molecular formula is C19H31IN6O. The number of fused-ring (bicyclic) bond motifs is 1. The molecule has 0 aromatic carbocycles. The Labute approximate surface area is 179 Å². The van der Waals surface area contributed by atoms with Gasteiger partial charge in [-0.2, -0.15) is 0 Å². The maximum atomic E-state index is 6.05. The lowest BCUT2D eigenvalue weighted by molar-refractivity contribution is -0.0454. The van der Waals surface area contributed by atoms with E-state index in [0.717, 1.165) is 57.7 Å². The molecule has 1 aromatic heterocycles. The Morgan fingerprint density at radius 3 is 2.85 bits per heavy atom. The molecule has 1 N–H and O–H groups in total. The average Bonchev–Trinajstić information content (AvgIpc) is 3.17. The molecule has 3 saturated heterocycles. The van der Waals surface area contributed by atoms with Crippen LogP contribution in [0, 0.1) is 0 Å². The molecule has 150 valence electrons. The van der Waals surface area contributed by atoms with Crippen molar-refractivity contribution in [1.29, 1.82) is 0 Å². The van der Waals surface area contributed by atoms with Crippen molar-refractivity contribution in [2.45, 2.75) is 25.0 Å². The molecule has 4 rings (SSSR count). The maximum Gasteiger partial charge on any atom is 0.193 e. The first-order valence-corrected chi connectivity index (χ1v) is 9.81. The van der Waals surface area contributed by atoms with Crippen LogP contribution in [0.3, 0.4) is 0 Å². The number of aromatic nitrogens is 1. The zero-order valence-corrected chi connectivity index (χ0v) is 18.4. The fourth-order valence-corrected chi connectivity index (χ4v) is 4.23. The zero-order valence-electron chi connectivity index (χ0n) is 16.1. The number of pyridine rings is 1. The summed E-state index contributed by atoms with van der Waals surface area (Å²) in [6, 6.07) is 6.74. The van der Waals surface area contributed by atoms with Crippen molar-refractivity contribution in [2.24, 2.45) is 4.99 Å². The molecule has 0 bridgehead atoms. The third kappa shape index (κ3) is 5.03. The first-order valence-electron chi connectivity index (χ1n) is 9.81. The van der Waals surface area contributed by atoms with Crippen LogP contribution in [-0.2, 0) is 4.74 Å². The van der Waals surface area contributed by atoms with Gasteiger partial charge in [0.15, 0.2) is 5.96 Å². The zero-order chi connectivity index (χ0) is 17.8. The highest BCUT2D eigenvalue weighted by Gasteiger charge is 2.32. The summed E-state index contributed by atoms with van der Waals surface area (Å²) in [5.41, 5.74) is 0. The summed E-state index contributed by atoms with van der Waals surface area (Å²) in [6.45, 7) is 7.83. The van der Waals surface area contributed by atoms with E-state index in [1.54, 1.807) is 0 Å². The largest absolute Gasteiger partial charge is 0.373 e. The van der Waals surface area contributed by atoms with E-state index in [1.165, 1.54) is 19.4 Å². The van der Waals surface area contributed by atoms with Crippen LogP contribution in [0.5, 0.6) is 0 Å². The molecule has 2 atom stereocenters. The van der Waals surface area contributed by atoms with Gasteiger partial charge in [0.05, 0.1) is 12.7 Å². The van der Waals surface area contributed by atoms with Crippen LogP contribution in [0.15, 0.2) is 29.4 Å². The lowest BCUT2D eigenvalue weighted by Crippen LogP contribution is -2.55. The molecule has 3 aliphatic heterocycles. The maximum absolute atomic E-state index is 6.05. The molecular weight excluding hydrogens is 455 g/mol. The SMILES string of the molecule is CN=C(NCC1CN2CCCC2CO1)N1CCN(c2ccccn2)CC1.I. The molecule has 4 heterocycles. The second-order valence-corrected chi connectivity index (χ2v) is 7.34. The molecule has 1 aromatic rings. The van der Waals surface area contributed by atoms with Crippen LogP contribution < -0.4 is 10.2 Å². The predicted molar refractivity (Wildman–Crippen MR) is 119 cm³/mol. The van der Waals surface area contributed by atoms with Gasteiger partial charge in [0.1, 0.15) is 5.82 Å². The highest BCUT2D eigenvalue weighted by atomic mass is 127. The van der Waals surface area contributed by atoms with Gasteiger partial charge < -0.3 is 19.9 Å². The van der Waals surface area contributed by atoms with E-state index in [9.17, 15) is 0 Å². The van der Waals surface area contributed by atoms with Crippen molar-refractivity contribution in [3.05, 3.63) is 24.4 Å². The quantitative estimate of drug-likeness (QED) is 0.395. The standard InChI is InChI=1S/C19H30N6O.HI/c1-20-19(22-13-17-14-25-8-4-5-16(25)15-26-17)24-11-9-23(10-12-24)18-6-2-3-7-21-18;/h2-3,6-7,16-17H,4-5,8-15H2,1H3,(H,20,22);1H. The monoisotopic (exact) mass is 486 g/mol. The lowest BCUT2D eigenvalue weighted by Gasteiger charge is -2.38. The Kier molecular flexibility index (Phi) is 7.54. The Bertz CT molecular complexity index is 607. The number of hydrogen-bond acceptors (Lipinski definition) is 5. The number of guanidine groups is 1. The molecule has 7 nitrogen and oxygen atoms in total. The van der Waals surface area contributed by atoms with Gasteiger partial charge in [0.25, 0.3) is 0 Å². The van der Waals surface area contributed by atoms with Crippen LogP contribution in [0.2, 0.25) is 0 Å². The number of halogens is 1. The molecule has 0 amide bonds. The van der Waals surface area contributed by atoms with Crippen molar-refractivity contribution in [2.75, 3.05) is 64.4 Å². The molecule has 0 radical (unpaired) electrons. The summed E-state index contributed by atoms with van der Waals surface area (Å²) in [5.74, 6) is 2.05. The van der Waals surface area contributed by atoms with E-state index in [1.807, 2.05) is 25.4 Å². The molecule has 8 heteroatoms. The lowest BCUT2D eigenvalue weighted by atomic mass is 10.2. The average molecular weight is 486 g/mol. The van der Waals surface area contributed by atoms with Gasteiger partial charge in [0, 0.05) is 58.6 Å². The fourth-order valence-electron chi connectivity index (χ4n) is 4.23. The van der Waals surface area contributed by atoms with Crippen LogP contribution >= 0.6 is 24.0 Å². The number of nitrogens with one attached hydrogen (secondary N) is 1. The van der Waals surface area contributed by atoms with Gasteiger partial charge in [0.2, 0.25) is 0 Å². The number of anilines is 1. The van der Waals surface area contributed by atoms with Gasteiger partial charge >= 0.3 is 0 Å². The van der Waals surface area contributed by atoms with Crippen molar-refractivity contribution >= 4 is 35.8 Å². The topological polar surface area (TPSA) is 56.2 Å². The van der Waals surface area contributed by atoms with Gasteiger partial charge in [-0.3, -0.25) is 9.89 Å². The van der Waals surface area contributed by atoms with Gasteiger partial charge in [-0.05, 0) is 31.5 Å². The van der Waals surface area contributed by atoms with E-state index in [0.29, 0.717) is 6.04 Å². The summed E-state index contributed by atoms with van der Waals surface area (Å²) in [7, 11) is 1.87. The molecule has 0 spiro atoms. The number of hydrogen-bond donors (Lipinski definition) is 1. The third-order valence-corrected chi connectivity index (χ3v) is 5.71. The summed E-state index contributed by atoms with van der Waals surface area (Å²) in [5, 5.41) is 3.53. The van der Waals surface area contributed by atoms with Crippen LogP contribution in [0.25, 0.3) is 0 Å². The van der Waals surface area contributed by atoms with Crippen molar-refractivity contribution in [1.82, 2.24) is 20.1 Å². The Morgan fingerprint density at radius 2 is 2.11 bits per heavy atom. The number of piperazine rings is 1. The number of ether oxygens (including phenoxy) is 1. The second kappa shape index (κ2) is 9.88. The molecule has 0 aliphatic carbocycles. The number of nitrogens with zero attached hydrogens (tertiary/aromatic N) is 5. The number of rotatable bonds is 3. The summed E-state index contributed by atoms with van der Waals surface area (Å²) < 4.78 is 6.05. The molecule has 3 fully saturated rings. The third-order valence-electron chi connectivity index (χ3n) is 5.71. The van der Waals surface area contributed by atoms with Gasteiger partial charge in [-0.25, -0.2) is 4.98 Å². The van der Waals surface area contributed by atoms with Crippen LogP contribution in [-0.4, -0.2) is 92.4 Å². The highest BCUT2D eigenvalue weighted by molar-refractivity contribution is 14.0. The Morgan fingerprint density at radius 1 is 1.26 bits per heavy atom. The van der Waals surface area contributed by atoms with Gasteiger partial charge in [-0.1, -0.05) is 6.07 Å². The van der Waals surface area contributed by atoms with Crippen LogP contribution in [0.4, 0.5) is 5.82 Å². The Balaban J connectivity index is 0.00000210. The first kappa shape index (κ1) is 20.6. The highest BCUT2D eigenvalue weighted by Crippen LogP contribution is 2.22. The summed E-state index contributed by atoms with van der Waals surface area (Å²) >= 11 is 0. The normalized spacial score (nSPS) is 26.5. The van der Waals surface area contributed by atoms with Crippen molar-refractivity contribution < 1.29 is 4.74 Å². The van der Waals surface area contributed by atoms with Gasteiger partial charge in [-0.15, -0.1) is 24.0 Å². The molecule has 0 saturated carbocycles. The smallest absolute Gasteiger partial charge is 0.193 e. The Hall–Kier alpha value is -1.13. The molecule has 2 unspecified atom stereocenters. The van der Waals surface area contributed by atoms with Crippen LogP contribution in [0.1, 0.15) is 12.8 Å². The van der Waals surface area contributed by atoms with E-state index < -0.39 is 0 Å². The minimum Gasteiger partial charge on any atom is -0.373 e. The first-order chi connectivity index (χ1) is 12.8. The summed E-state index contributed by atoms with van der Waals surface area (Å²) in [4.78, 5) is 16.2. The van der Waals surface area contributed by atoms with Crippen molar-refractivity contribution in [3.63, 3.8) is 0 Å². The predicted octanol–water partition coefficient (Wildman–Crippen LogP) is 1.26. The summed E-state index contributed by atoms with van der Waals surface area (Å²) in [6.07, 6.45) is 4.73. The molecule has 27 heavy (non-hydrogen) atoms. The van der Waals surface area contributed by atoms with E-state index in [4.69, 9.17) is 4.74 Å². The minimum absolute atomic E-state index is 0. The second-order valence-electron chi connectivity index (χ2n) is 7.34. The van der Waals surface area contributed by atoms with E-state index in [2.05, 4.69) is 36.1 Å². The fraction of sp³-hybridized carbons (Fsp3) is 0.684. The molecule has 3 aliphatic rings. The van der Waals surface area contributed by atoms with E-state index in [-0.39, 0.29) is 30.1 Å².